The van der Waals surface area contributed by atoms with E-state index in [0.29, 0.717) is 43.3 Å². The van der Waals surface area contributed by atoms with Crippen LogP contribution in [0.1, 0.15) is 24.2 Å². The van der Waals surface area contributed by atoms with Crippen LogP contribution in [0, 0.1) is 0 Å². The first kappa shape index (κ1) is 20.5. The van der Waals surface area contributed by atoms with Gasteiger partial charge in [-0.3, -0.25) is 9.59 Å². The molecule has 0 bridgehead atoms. The molecule has 1 amide bonds. The second kappa shape index (κ2) is 9.28. The third-order valence-corrected chi connectivity index (χ3v) is 4.94. The van der Waals surface area contributed by atoms with E-state index in [1.165, 1.54) is 0 Å². The van der Waals surface area contributed by atoms with Crippen molar-refractivity contribution < 1.29 is 19.1 Å². The highest BCUT2D eigenvalue weighted by molar-refractivity contribution is 6.44. The monoisotopic (exact) mass is 394 g/mol. The SMILES string of the molecule is CCN(CC)C(=O)C(=O)c1cn(CCOc2ccccc2OC)c2ccccc12. The minimum Gasteiger partial charge on any atom is -0.493 e. The van der Waals surface area contributed by atoms with Crippen molar-refractivity contribution in [1.82, 2.24) is 9.47 Å². The van der Waals surface area contributed by atoms with Crippen molar-refractivity contribution in [3.63, 3.8) is 0 Å². The second-order valence-corrected chi connectivity index (χ2v) is 6.56. The Hall–Kier alpha value is -3.28. The summed E-state index contributed by atoms with van der Waals surface area (Å²) in [5.41, 5.74) is 1.32. The average Bonchev–Trinajstić information content (AvgIpc) is 3.13. The Morgan fingerprint density at radius 1 is 0.966 bits per heavy atom. The quantitative estimate of drug-likeness (QED) is 0.409. The predicted octanol–water partition coefficient (Wildman–Crippen LogP) is 3.78. The fourth-order valence-corrected chi connectivity index (χ4v) is 3.37. The molecule has 6 nitrogen and oxygen atoms in total. The number of carbonyl (C=O) groups excluding carboxylic acids is 2. The number of fused-ring (bicyclic) bond motifs is 1. The molecule has 0 saturated carbocycles. The maximum absolute atomic E-state index is 12.9. The highest BCUT2D eigenvalue weighted by Gasteiger charge is 2.24. The zero-order chi connectivity index (χ0) is 20.8. The lowest BCUT2D eigenvalue weighted by molar-refractivity contribution is -0.126. The Kier molecular flexibility index (Phi) is 6.54. The summed E-state index contributed by atoms with van der Waals surface area (Å²) >= 11 is 0. The molecule has 0 saturated heterocycles. The van der Waals surface area contributed by atoms with Gasteiger partial charge in [0.15, 0.2) is 11.5 Å². The molecule has 0 aliphatic heterocycles. The minimum atomic E-state index is -0.478. The second-order valence-electron chi connectivity index (χ2n) is 6.56. The first-order chi connectivity index (χ1) is 14.1. The number of amides is 1. The van der Waals surface area contributed by atoms with Crippen LogP contribution in [-0.2, 0) is 11.3 Å². The zero-order valence-electron chi connectivity index (χ0n) is 17.1. The van der Waals surface area contributed by atoms with Gasteiger partial charge in [0.2, 0.25) is 0 Å². The van der Waals surface area contributed by atoms with Gasteiger partial charge in [-0.05, 0) is 32.0 Å². The van der Waals surface area contributed by atoms with Crippen molar-refractivity contribution in [2.75, 3.05) is 26.8 Å². The van der Waals surface area contributed by atoms with E-state index in [2.05, 4.69) is 0 Å². The maximum Gasteiger partial charge on any atom is 0.295 e. The van der Waals surface area contributed by atoms with Crippen LogP contribution in [0.5, 0.6) is 11.5 Å². The van der Waals surface area contributed by atoms with Gasteiger partial charge in [0.05, 0.1) is 19.2 Å². The molecular formula is C23H26N2O4. The highest BCUT2D eigenvalue weighted by Crippen LogP contribution is 2.26. The Labute approximate surface area is 170 Å². The van der Waals surface area contributed by atoms with Gasteiger partial charge < -0.3 is 18.9 Å². The summed E-state index contributed by atoms with van der Waals surface area (Å²) in [6.07, 6.45) is 1.75. The van der Waals surface area contributed by atoms with Crippen molar-refractivity contribution in [3.05, 3.63) is 60.3 Å². The van der Waals surface area contributed by atoms with E-state index in [1.54, 1.807) is 18.2 Å². The summed E-state index contributed by atoms with van der Waals surface area (Å²) in [5, 5.41) is 0.773. The number of nitrogens with zero attached hydrogens (tertiary/aromatic N) is 2. The number of carbonyl (C=O) groups is 2. The van der Waals surface area contributed by atoms with E-state index < -0.39 is 11.7 Å². The Balaban J connectivity index is 1.82. The number of benzene rings is 2. The molecule has 152 valence electrons. The number of aromatic nitrogens is 1. The zero-order valence-corrected chi connectivity index (χ0v) is 17.1. The lowest BCUT2D eigenvalue weighted by Crippen LogP contribution is -2.36. The Bertz CT molecular complexity index is 1010. The summed E-state index contributed by atoms with van der Waals surface area (Å²) in [6.45, 7) is 5.68. The van der Waals surface area contributed by atoms with Gasteiger partial charge in [0.25, 0.3) is 11.7 Å². The Morgan fingerprint density at radius 2 is 1.62 bits per heavy atom. The van der Waals surface area contributed by atoms with Gasteiger partial charge in [-0.1, -0.05) is 30.3 Å². The maximum atomic E-state index is 12.9. The van der Waals surface area contributed by atoms with Gasteiger partial charge in [-0.15, -0.1) is 0 Å². The number of rotatable bonds is 9. The number of likely N-dealkylation sites (N-methyl/N-ethyl adjacent to an activating group) is 1. The van der Waals surface area contributed by atoms with Crippen molar-refractivity contribution in [2.24, 2.45) is 0 Å². The molecular weight excluding hydrogens is 368 g/mol. The first-order valence-corrected chi connectivity index (χ1v) is 9.78. The van der Waals surface area contributed by atoms with Crippen LogP contribution in [0.25, 0.3) is 10.9 Å². The van der Waals surface area contributed by atoms with Crippen molar-refractivity contribution in [2.45, 2.75) is 20.4 Å². The number of Topliss-reactive ketones (excluding diaryl/α,β-unsaturated/α-hetero) is 1. The molecule has 0 radical (unpaired) electrons. The molecule has 0 spiro atoms. The molecule has 2 aromatic carbocycles. The molecule has 6 heteroatoms. The Morgan fingerprint density at radius 3 is 2.31 bits per heavy atom. The largest absolute Gasteiger partial charge is 0.493 e. The lowest BCUT2D eigenvalue weighted by Gasteiger charge is -2.17. The van der Waals surface area contributed by atoms with Gasteiger partial charge in [-0.25, -0.2) is 0 Å². The summed E-state index contributed by atoms with van der Waals surface area (Å²) < 4.78 is 13.1. The van der Waals surface area contributed by atoms with Crippen LogP contribution in [0.2, 0.25) is 0 Å². The van der Waals surface area contributed by atoms with Crippen LogP contribution in [-0.4, -0.2) is 48.0 Å². The number of hydrogen-bond donors (Lipinski definition) is 0. The van der Waals surface area contributed by atoms with Crippen LogP contribution < -0.4 is 9.47 Å². The number of para-hydroxylation sites is 3. The fraction of sp³-hybridized carbons (Fsp3) is 0.304. The molecule has 1 heterocycles. The molecule has 29 heavy (non-hydrogen) atoms. The smallest absolute Gasteiger partial charge is 0.295 e. The first-order valence-electron chi connectivity index (χ1n) is 9.78. The molecule has 0 N–H and O–H groups in total. The highest BCUT2D eigenvalue weighted by atomic mass is 16.5. The van der Waals surface area contributed by atoms with E-state index in [1.807, 2.05) is 66.9 Å². The standard InChI is InChI=1S/C23H26N2O4/c1-4-24(5-2)23(27)22(26)18-16-25(19-11-7-6-10-17(18)19)14-15-29-21-13-9-8-12-20(21)28-3/h6-13,16H,4-5,14-15H2,1-3H3. The van der Waals surface area contributed by atoms with Gasteiger partial charge in [-0.2, -0.15) is 0 Å². The van der Waals surface area contributed by atoms with E-state index in [9.17, 15) is 9.59 Å². The fourth-order valence-electron chi connectivity index (χ4n) is 3.37. The topological polar surface area (TPSA) is 60.8 Å². The number of methoxy groups -OCH3 is 1. The molecule has 0 aliphatic carbocycles. The van der Waals surface area contributed by atoms with Crippen molar-refractivity contribution >= 4 is 22.6 Å². The summed E-state index contributed by atoms with van der Waals surface area (Å²) in [6, 6.07) is 15.1. The minimum absolute atomic E-state index is 0.399. The number of ether oxygens (including phenoxy) is 2. The summed E-state index contributed by atoms with van der Waals surface area (Å²) in [5.74, 6) is 0.391. The third-order valence-electron chi connectivity index (χ3n) is 4.94. The summed E-state index contributed by atoms with van der Waals surface area (Å²) in [7, 11) is 1.60. The third kappa shape index (κ3) is 4.26. The average molecular weight is 394 g/mol. The van der Waals surface area contributed by atoms with E-state index in [4.69, 9.17) is 9.47 Å². The molecule has 3 aromatic rings. The van der Waals surface area contributed by atoms with Gasteiger partial charge in [0, 0.05) is 30.2 Å². The van der Waals surface area contributed by atoms with E-state index in [0.717, 1.165) is 10.9 Å². The molecule has 0 unspecified atom stereocenters. The molecule has 0 fully saturated rings. The molecule has 3 rings (SSSR count). The van der Waals surface area contributed by atoms with Crippen LogP contribution >= 0.6 is 0 Å². The van der Waals surface area contributed by atoms with Crippen molar-refractivity contribution in [1.29, 1.82) is 0 Å². The normalized spacial score (nSPS) is 10.7. The van der Waals surface area contributed by atoms with Crippen LogP contribution in [0.3, 0.4) is 0 Å². The van der Waals surface area contributed by atoms with Gasteiger partial charge >= 0.3 is 0 Å². The van der Waals surface area contributed by atoms with Crippen molar-refractivity contribution in [3.8, 4) is 11.5 Å². The van der Waals surface area contributed by atoms with E-state index >= 15 is 0 Å². The van der Waals surface area contributed by atoms with Crippen LogP contribution in [0.15, 0.2) is 54.7 Å². The van der Waals surface area contributed by atoms with E-state index in [-0.39, 0.29) is 0 Å². The molecule has 0 atom stereocenters. The van der Waals surface area contributed by atoms with Gasteiger partial charge in [0.1, 0.15) is 6.61 Å². The van der Waals surface area contributed by atoms with Crippen LogP contribution in [0.4, 0.5) is 0 Å². The molecule has 1 aromatic heterocycles. The summed E-state index contributed by atoms with van der Waals surface area (Å²) in [4.78, 5) is 27.0. The lowest BCUT2D eigenvalue weighted by atomic mass is 10.1. The molecule has 0 aliphatic rings. The number of ketones is 1. The number of hydrogen-bond acceptors (Lipinski definition) is 4. The predicted molar refractivity (Wildman–Crippen MR) is 113 cm³/mol.